The molecule has 2 amide bonds. The van der Waals surface area contributed by atoms with Gasteiger partial charge in [0.2, 0.25) is 0 Å². The van der Waals surface area contributed by atoms with Gasteiger partial charge in [-0.3, -0.25) is 9.59 Å². The maximum absolute atomic E-state index is 13.3. The van der Waals surface area contributed by atoms with Crippen LogP contribution >= 0.6 is 0 Å². The number of alkyl halides is 3. The van der Waals surface area contributed by atoms with Gasteiger partial charge in [0.05, 0.1) is 17.2 Å². The van der Waals surface area contributed by atoms with Crippen LogP contribution in [0.25, 0.3) is 0 Å². The highest BCUT2D eigenvalue weighted by Gasteiger charge is 2.40. The number of nitrogens with zero attached hydrogens (tertiary/aromatic N) is 4. The van der Waals surface area contributed by atoms with Gasteiger partial charge in [0.1, 0.15) is 0 Å². The van der Waals surface area contributed by atoms with E-state index < -0.39 is 17.6 Å². The number of amides is 2. The van der Waals surface area contributed by atoms with Crippen molar-refractivity contribution in [3.05, 3.63) is 52.7 Å². The summed E-state index contributed by atoms with van der Waals surface area (Å²) in [6.45, 7) is 1.01. The second-order valence-electron chi connectivity index (χ2n) is 8.17. The average Bonchev–Trinajstić information content (AvgIpc) is 3.49. The van der Waals surface area contributed by atoms with Crippen molar-refractivity contribution in [1.29, 1.82) is 0 Å². The molecule has 7 nitrogen and oxygen atoms in total. The summed E-state index contributed by atoms with van der Waals surface area (Å²) < 4.78 is 40.0. The van der Waals surface area contributed by atoms with E-state index in [1.165, 1.54) is 23.1 Å². The summed E-state index contributed by atoms with van der Waals surface area (Å²) in [6.07, 6.45) is -2.09. The zero-order valence-electron chi connectivity index (χ0n) is 16.5. The SMILES string of the molecule is O=C(NC1CC1)c1cc2c(nn1)N1CCN(C(=O)c3ccccc3C(F)(F)F)CC1C2. The molecule has 5 rings (SSSR count). The zero-order valence-corrected chi connectivity index (χ0v) is 16.5. The van der Waals surface area contributed by atoms with E-state index in [0.717, 1.165) is 24.5 Å². The maximum atomic E-state index is 13.3. The zero-order chi connectivity index (χ0) is 21.8. The lowest BCUT2D eigenvalue weighted by atomic mass is 10.0. The van der Waals surface area contributed by atoms with Gasteiger partial charge in [0, 0.05) is 31.2 Å². The lowest BCUT2D eigenvalue weighted by molar-refractivity contribution is -0.138. The first-order valence-corrected chi connectivity index (χ1v) is 10.2. The topological polar surface area (TPSA) is 78.4 Å². The Kier molecular flexibility index (Phi) is 4.60. The Bertz CT molecular complexity index is 1050. The summed E-state index contributed by atoms with van der Waals surface area (Å²) in [4.78, 5) is 28.6. The summed E-state index contributed by atoms with van der Waals surface area (Å²) in [7, 11) is 0. The number of carbonyl (C=O) groups excluding carboxylic acids is 2. The van der Waals surface area contributed by atoms with Crippen LogP contribution in [-0.4, -0.2) is 58.6 Å². The Balaban J connectivity index is 1.32. The first-order chi connectivity index (χ1) is 14.8. The maximum Gasteiger partial charge on any atom is 0.417 e. The minimum absolute atomic E-state index is 0.109. The van der Waals surface area contributed by atoms with Crippen LogP contribution in [0.15, 0.2) is 30.3 Å². The second-order valence-corrected chi connectivity index (χ2v) is 8.17. The molecule has 1 aromatic heterocycles. The normalized spacial score (nSPS) is 20.3. The van der Waals surface area contributed by atoms with Crippen LogP contribution in [0.3, 0.4) is 0 Å². The molecule has 10 heteroatoms. The van der Waals surface area contributed by atoms with Crippen molar-refractivity contribution in [3.8, 4) is 0 Å². The Morgan fingerprint density at radius 2 is 1.87 bits per heavy atom. The molecule has 1 aliphatic carbocycles. The van der Waals surface area contributed by atoms with Crippen molar-refractivity contribution < 1.29 is 22.8 Å². The minimum Gasteiger partial charge on any atom is -0.348 e. The molecule has 2 aliphatic heterocycles. The summed E-state index contributed by atoms with van der Waals surface area (Å²) in [5.74, 6) is -0.196. The number of aromatic nitrogens is 2. The monoisotopic (exact) mass is 431 g/mol. The molecule has 1 saturated heterocycles. The Morgan fingerprint density at radius 1 is 1.10 bits per heavy atom. The van der Waals surface area contributed by atoms with Crippen molar-refractivity contribution in [2.45, 2.75) is 37.5 Å². The van der Waals surface area contributed by atoms with Crippen LogP contribution in [0.1, 0.15) is 44.8 Å². The molecule has 2 fully saturated rings. The van der Waals surface area contributed by atoms with E-state index in [0.29, 0.717) is 18.8 Å². The van der Waals surface area contributed by atoms with Crippen LogP contribution in [-0.2, 0) is 12.6 Å². The van der Waals surface area contributed by atoms with E-state index in [4.69, 9.17) is 0 Å². The van der Waals surface area contributed by atoms with Crippen molar-refractivity contribution in [3.63, 3.8) is 0 Å². The summed E-state index contributed by atoms with van der Waals surface area (Å²) >= 11 is 0. The number of nitrogens with one attached hydrogen (secondary N) is 1. The fourth-order valence-electron chi connectivity index (χ4n) is 4.25. The Labute approximate surface area is 176 Å². The molecule has 3 heterocycles. The number of piperazine rings is 1. The van der Waals surface area contributed by atoms with Crippen LogP contribution in [0.5, 0.6) is 0 Å². The molecule has 0 bridgehead atoms. The van der Waals surface area contributed by atoms with Gasteiger partial charge in [-0.05, 0) is 37.5 Å². The molecule has 0 spiro atoms. The number of anilines is 1. The van der Waals surface area contributed by atoms with Crippen molar-refractivity contribution >= 4 is 17.6 Å². The third-order valence-corrected chi connectivity index (χ3v) is 5.96. The summed E-state index contributed by atoms with van der Waals surface area (Å²) in [6, 6.07) is 6.70. The molecule has 1 aromatic carbocycles. The number of carbonyl (C=O) groups is 2. The van der Waals surface area contributed by atoms with Gasteiger partial charge in [-0.2, -0.15) is 13.2 Å². The molecule has 1 unspecified atom stereocenters. The minimum atomic E-state index is -4.59. The highest BCUT2D eigenvalue weighted by atomic mass is 19.4. The van der Waals surface area contributed by atoms with Crippen LogP contribution in [0, 0.1) is 0 Å². The van der Waals surface area contributed by atoms with E-state index in [1.807, 2.05) is 4.90 Å². The number of benzene rings is 1. The first-order valence-electron chi connectivity index (χ1n) is 10.2. The lowest BCUT2D eigenvalue weighted by Gasteiger charge is -2.38. The Hall–Kier alpha value is -3.17. The lowest BCUT2D eigenvalue weighted by Crippen LogP contribution is -2.54. The fourth-order valence-corrected chi connectivity index (χ4v) is 4.25. The number of hydrogen-bond acceptors (Lipinski definition) is 5. The third kappa shape index (κ3) is 3.70. The molecule has 2 aromatic rings. The van der Waals surface area contributed by atoms with Crippen LogP contribution < -0.4 is 10.2 Å². The van der Waals surface area contributed by atoms with Gasteiger partial charge in [-0.15, -0.1) is 10.2 Å². The van der Waals surface area contributed by atoms with Gasteiger partial charge in [-0.1, -0.05) is 12.1 Å². The van der Waals surface area contributed by atoms with Gasteiger partial charge in [0.15, 0.2) is 11.5 Å². The summed E-state index contributed by atoms with van der Waals surface area (Å²) in [5, 5.41) is 11.2. The highest BCUT2D eigenvalue weighted by Crippen LogP contribution is 2.35. The van der Waals surface area contributed by atoms with Crippen molar-refractivity contribution in [2.24, 2.45) is 0 Å². The molecule has 1 atom stereocenters. The van der Waals surface area contributed by atoms with E-state index in [1.54, 1.807) is 6.07 Å². The fraction of sp³-hybridized carbons (Fsp3) is 0.429. The predicted molar refractivity (Wildman–Crippen MR) is 105 cm³/mol. The van der Waals surface area contributed by atoms with E-state index in [-0.39, 0.29) is 42.3 Å². The molecule has 3 aliphatic rings. The van der Waals surface area contributed by atoms with Crippen molar-refractivity contribution in [1.82, 2.24) is 20.4 Å². The largest absolute Gasteiger partial charge is 0.417 e. The van der Waals surface area contributed by atoms with Gasteiger partial charge < -0.3 is 15.1 Å². The highest BCUT2D eigenvalue weighted by molar-refractivity contribution is 5.96. The molecular formula is C21H20F3N5O2. The van der Waals surface area contributed by atoms with E-state index in [9.17, 15) is 22.8 Å². The van der Waals surface area contributed by atoms with Crippen molar-refractivity contribution in [2.75, 3.05) is 24.5 Å². The number of halogens is 3. The molecule has 0 radical (unpaired) electrons. The summed E-state index contributed by atoms with van der Waals surface area (Å²) in [5.41, 5.74) is -0.129. The molecule has 162 valence electrons. The van der Waals surface area contributed by atoms with Crippen LogP contribution in [0.4, 0.5) is 19.0 Å². The third-order valence-electron chi connectivity index (χ3n) is 5.96. The first kappa shape index (κ1) is 19.8. The van der Waals surface area contributed by atoms with Crippen LogP contribution in [0.2, 0.25) is 0 Å². The number of hydrogen-bond donors (Lipinski definition) is 1. The van der Waals surface area contributed by atoms with Gasteiger partial charge >= 0.3 is 6.18 Å². The quantitative estimate of drug-likeness (QED) is 0.807. The van der Waals surface area contributed by atoms with E-state index in [2.05, 4.69) is 15.5 Å². The van der Waals surface area contributed by atoms with Gasteiger partial charge in [-0.25, -0.2) is 0 Å². The number of fused-ring (bicyclic) bond motifs is 3. The molecule has 31 heavy (non-hydrogen) atoms. The Morgan fingerprint density at radius 3 is 2.61 bits per heavy atom. The molecule has 1 saturated carbocycles. The van der Waals surface area contributed by atoms with Gasteiger partial charge in [0.25, 0.3) is 11.8 Å². The molecule has 1 N–H and O–H groups in total. The average molecular weight is 431 g/mol. The standard InChI is InChI=1S/C21H20F3N5O2/c22-21(23,24)16-4-2-1-3-15(16)20(31)28-7-8-29-14(11-28)9-12-10-17(26-27-18(12)29)19(30)25-13-5-6-13/h1-4,10,13-14H,5-9,11H2,(H,25,30). The second kappa shape index (κ2) is 7.21. The van der Waals surface area contributed by atoms with E-state index >= 15 is 0 Å². The predicted octanol–water partition coefficient (Wildman–Crippen LogP) is 2.27. The number of rotatable bonds is 3. The smallest absolute Gasteiger partial charge is 0.348 e. The molecular weight excluding hydrogens is 411 g/mol.